The molecule has 1 saturated carbocycles. The molecule has 2 aliphatic rings. The summed E-state index contributed by atoms with van der Waals surface area (Å²) in [5.74, 6) is 0.188. The first-order valence-electron chi connectivity index (χ1n) is 8.12. The molecule has 1 aromatic carbocycles. The summed E-state index contributed by atoms with van der Waals surface area (Å²) in [7, 11) is 0. The number of halogens is 4. The highest BCUT2D eigenvalue weighted by atomic mass is 35.5. The van der Waals surface area contributed by atoms with Gasteiger partial charge in [0.05, 0.1) is 5.56 Å². The smallest absolute Gasteiger partial charge is 0.326 e. The van der Waals surface area contributed by atoms with Gasteiger partial charge in [0.1, 0.15) is 0 Å². The largest absolute Gasteiger partial charge is 0.416 e. The van der Waals surface area contributed by atoms with Crippen LogP contribution < -0.4 is 5.73 Å². The van der Waals surface area contributed by atoms with Gasteiger partial charge in [-0.15, -0.1) is 12.4 Å². The second kappa shape index (κ2) is 7.41. The molecule has 1 heterocycles. The number of benzene rings is 1. The van der Waals surface area contributed by atoms with Crippen LogP contribution in [-0.4, -0.2) is 30.1 Å². The lowest BCUT2D eigenvalue weighted by molar-refractivity contribution is -0.137. The summed E-state index contributed by atoms with van der Waals surface area (Å²) >= 11 is 0. The number of nitrogens with zero attached hydrogens (tertiary/aromatic N) is 1. The molecule has 2 nitrogen and oxygen atoms in total. The molecule has 23 heavy (non-hydrogen) atoms. The van der Waals surface area contributed by atoms with Gasteiger partial charge >= 0.3 is 6.18 Å². The van der Waals surface area contributed by atoms with Gasteiger partial charge in [-0.1, -0.05) is 18.2 Å². The maximum absolute atomic E-state index is 12.9. The molecule has 0 spiro atoms. The highest BCUT2D eigenvalue weighted by Gasteiger charge is 2.35. The van der Waals surface area contributed by atoms with Crippen LogP contribution in [0.4, 0.5) is 13.2 Å². The number of nitrogens with two attached hydrogens (primary N) is 1. The van der Waals surface area contributed by atoms with Crippen LogP contribution >= 0.6 is 12.4 Å². The average molecular weight is 349 g/mol. The van der Waals surface area contributed by atoms with Gasteiger partial charge in [0.25, 0.3) is 0 Å². The lowest BCUT2D eigenvalue weighted by Crippen LogP contribution is -2.49. The second-order valence-corrected chi connectivity index (χ2v) is 6.61. The fourth-order valence-corrected chi connectivity index (χ4v) is 3.93. The van der Waals surface area contributed by atoms with Gasteiger partial charge in [0, 0.05) is 12.1 Å². The number of hydrogen-bond acceptors (Lipinski definition) is 2. The predicted molar refractivity (Wildman–Crippen MR) is 87.9 cm³/mol. The van der Waals surface area contributed by atoms with E-state index < -0.39 is 11.7 Å². The van der Waals surface area contributed by atoms with E-state index in [9.17, 15) is 13.2 Å². The number of hydrogen-bond donors (Lipinski definition) is 1. The van der Waals surface area contributed by atoms with Crippen molar-refractivity contribution in [2.45, 2.75) is 56.3 Å². The Labute approximate surface area is 141 Å². The zero-order chi connectivity index (χ0) is 15.7. The Kier molecular flexibility index (Phi) is 5.98. The van der Waals surface area contributed by atoms with Crippen molar-refractivity contribution in [3.63, 3.8) is 0 Å². The molecule has 0 amide bonds. The molecule has 1 aliphatic carbocycles. The van der Waals surface area contributed by atoms with Crippen molar-refractivity contribution in [1.29, 1.82) is 0 Å². The zero-order valence-corrected chi connectivity index (χ0v) is 13.9. The van der Waals surface area contributed by atoms with Gasteiger partial charge in [0.2, 0.25) is 0 Å². The fraction of sp³-hybridized carbons (Fsp3) is 0.647. The van der Waals surface area contributed by atoms with Crippen molar-refractivity contribution in [2.75, 3.05) is 13.1 Å². The maximum atomic E-state index is 12.9. The first-order chi connectivity index (χ1) is 10.4. The summed E-state index contributed by atoms with van der Waals surface area (Å²) in [5.41, 5.74) is 6.54. The third kappa shape index (κ3) is 4.20. The third-order valence-corrected chi connectivity index (χ3v) is 5.16. The summed E-state index contributed by atoms with van der Waals surface area (Å²) in [4.78, 5) is 2.43. The van der Waals surface area contributed by atoms with E-state index >= 15 is 0 Å². The van der Waals surface area contributed by atoms with E-state index in [-0.39, 0.29) is 24.4 Å². The molecule has 0 radical (unpaired) electrons. The standard InChI is InChI=1S/C17H23F3N2.ClH/c18-17(19,20)14-5-3-4-12(10-14)13-6-7-15(21)16(11-13)22-8-1-2-9-22;/h3-5,10,13,15-16H,1-2,6-9,11,21H2;1H/t13-,15?,16-;/m0./s1. The Morgan fingerprint density at radius 3 is 2.43 bits per heavy atom. The van der Waals surface area contributed by atoms with Gasteiger partial charge in [-0.25, -0.2) is 0 Å². The van der Waals surface area contributed by atoms with E-state index in [1.165, 1.54) is 25.0 Å². The van der Waals surface area contributed by atoms with E-state index in [0.717, 1.165) is 44.0 Å². The molecule has 1 aromatic rings. The van der Waals surface area contributed by atoms with E-state index in [0.29, 0.717) is 6.04 Å². The second-order valence-electron chi connectivity index (χ2n) is 6.61. The number of rotatable bonds is 2. The van der Waals surface area contributed by atoms with Gasteiger partial charge in [0.15, 0.2) is 0 Å². The summed E-state index contributed by atoms with van der Waals surface area (Å²) in [6.45, 7) is 2.15. The third-order valence-electron chi connectivity index (χ3n) is 5.16. The van der Waals surface area contributed by atoms with Crippen LogP contribution in [0.3, 0.4) is 0 Å². The quantitative estimate of drug-likeness (QED) is 0.868. The highest BCUT2D eigenvalue weighted by Crippen LogP contribution is 2.38. The molecule has 3 atom stereocenters. The van der Waals surface area contributed by atoms with E-state index in [2.05, 4.69) is 4.90 Å². The van der Waals surface area contributed by atoms with Crippen molar-refractivity contribution >= 4 is 12.4 Å². The lowest BCUT2D eigenvalue weighted by Gasteiger charge is -2.39. The summed E-state index contributed by atoms with van der Waals surface area (Å²) in [6.07, 6.45) is 0.793. The van der Waals surface area contributed by atoms with Crippen LogP contribution in [0, 0.1) is 0 Å². The molecule has 1 unspecified atom stereocenters. The molecule has 1 saturated heterocycles. The Morgan fingerprint density at radius 2 is 1.78 bits per heavy atom. The monoisotopic (exact) mass is 348 g/mol. The van der Waals surface area contributed by atoms with Gasteiger partial charge in [-0.05, 0) is 62.7 Å². The van der Waals surface area contributed by atoms with E-state index in [1.54, 1.807) is 0 Å². The van der Waals surface area contributed by atoms with Crippen molar-refractivity contribution in [3.05, 3.63) is 35.4 Å². The van der Waals surface area contributed by atoms with Crippen LogP contribution in [-0.2, 0) is 6.18 Å². The van der Waals surface area contributed by atoms with E-state index in [1.807, 2.05) is 6.07 Å². The topological polar surface area (TPSA) is 29.3 Å². The summed E-state index contributed by atoms with van der Waals surface area (Å²) < 4.78 is 38.7. The average Bonchev–Trinajstić information content (AvgIpc) is 3.01. The first kappa shape index (κ1) is 18.6. The van der Waals surface area contributed by atoms with Crippen molar-refractivity contribution < 1.29 is 13.2 Å². The predicted octanol–water partition coefficient (Wildman–Crippen LogP) is 4.19. The normalized spacial score (nSPS) is 29.3. The Balaban J connectivity index is 0.00000192. The minimum Gasteiger partial charge on any atom is -0.326 e. The van der Waals surface area contributed by atoms with Crippen molar-refractivity contribution in [3.8, 4) is 0 Å². The Bertz CT molecular complexity index is 515. The van der Waals surface area contributed by atoms with Crippen molar-refractivity contribution in [2.24, 2.45) is 5.73 Å². The van der Waals surface area contributed by atoms with Crippen LogP contribution in [0.15, 0.2) is 24.3 Å². The molecular formula is C17H24ClF3N2. The van der Waals surface area contributed by atoms with Crippen molar-refractivity contribution in [1.82, 2.24) is 4.90 Å². The Morgan fingerprint density at radius 1 is 1.09 bits per heavy atom. The van der Waals surface area contributed by atoms with Crippen LogP contribution in [0.5, 0.6) is 0 Å². The van der Waals surface area contributed by atoms with Crippen LogP contribution in [0.1, 0.15) is 49.1 Å². The molecule has 1 aliphatic heterocycles. The molecule has 6 heteroatoms. The summed E-state index contributed by atoms with van der Waals surface area (Å²) in [5, 5.41) is 0. The number of likely N-dealkylation sites (tertiary alicyclic amines) is 1. The Hall–Kier alpha value is -0.780. The lowest BCUT2D eigenvalue weighted by atomic mass is 9.78. The molecular weight excluding hydrogens is 325 g/mol. The van der Waals surface area contributed by atoms with Gasteiger partial charge < -0.3 is 5.73 Å². The van der Waals surface area contributed by atoms with Gasteiger partial charge in [-0.2, -0.15) is 13.2 Å². The molecule has 2 fully saturated rings. The van der Waals surface area contributed by atoms with Crippen LogP contribution in [0.2, 0.25) is 0 Å². The molecule has 0 aromatic heterocycles. The minimum atomic E-state index is -4.27. The highest BCUT2D eigenvalue weighted by molar-refractivity contribution is 5.85. The van der Waals surface area contributed by atoms with E-state index in [4.69, 9.17) is 5.73 Å². The zero-order valence-electron chi connectivity index (χ0n) is 13.1. The molecule has 130 valence electrons. The van der Waals surface area contributed by atoms with Crippen LogP contribution in [0.25, 0.3) is 0 Å². The SMILES string of the molecule is Cl.NC1CC[C@H](c2cccc(C(F)(F)F)c2)C[C@@H]1N1CCCC1. The maximum Gasteiger partial charge on any atom is 0.416 e. The first-order valence-corrected chi connectivity index (χ1v) is 8.12. The fourth-order valence-electron chi connectivity index (χ4n) is 3.93. The number of alkyl halides is 3. The molecule has 0 bridgehead atoms. The molecule has 3 rings (SSSR count). The summed E-state index contributed by atoms with van der Waals surface area (Å²) in [6, 6.07) is 6.30. The van der Waals surface area contributed by atoms with Gasteiger partial charge in [-0.3, -0.25) is 4.90 Å². The molecule has 2 N–H and O–H groups in total. The minimum absolute atomic E-state index is 0.